The predicted octanol–water partition coefficient (Wildman–Crippen LogP) is 1.72. The zero-order valence-electron chi connectivity index (χ0n) is 10.2. The van der Waals surface area contributed by atoms with Gasteiger partial charge < -0.3 is 15.2 Å². The van der Waals surface area contributed by atoms with Crippen molar-refractivity contribution in [3.63, 3.8) is 0 Å². The standard InChI is InChI=1S/C12H13BrN2O4/c1-6-7(13)2-5-10(14-6)15-11(16)8-3-4-9(19-8)12(17)18/h2,5,8-9H,3-4H2,1H3,(H,17,18)(H,14,15,16)/t8-,9+/m0/s1. The number of carbonyl (C=O) groups is 2. The van der Waals surface area contributed by atoms with Crippen molar-refractivity contribution in [2.45, 2.75) is 32.0 Å². The topological polar surface area (TPSA) is 88.5 Å². The van der Waals surface area contributed by atoms with Crippen LogP contribution < -0.4 is 5.32 Å². The van der Waals surface area contributed by atoms with Crippen molar-refractivity contribution in [2.24, 2.45) is 0 Å². The lowest BCUT2D eigenvalue weighted by Gasteiger charge is -2.11. The fraction of sp³-hybridized carbons (Fsp3) is 0.417. The Morgan fingerprint density at radius 2 is 2.11 bits per heavy atom. The maximum atomic E-state index is 11.9. The molecule has 1 fully saturated rings. The molecule has 1 aromatic rings. The van der Waals surface area contributed by atoms with Crippen LogP contribution in [-0.4, -0.2) is 34.2 Å². The molecule has 0 aliphatic carbocycles. The quantitative estimate of drug-likeness (QED) is 0.882. The van der Waals surface area contributed by atoms with Gasteiger partial charge in [0.25, 0.3) is 5.91 Å². The van der Waals surface area contributed by atoms with Crippen molar-refractivity contribution < 1.29 is 19.4 Å². The molecule has 2 N–H and O–H groups in total. The Bertz CT molecular complexity index is 520. The molecule has 1 saturated heterocycles. The molecular weight excluding hydrogens is 316 g/mol. The summed E-state index contributed by atoms with van der Waals surface area (Å²) in [5.41, 5.74) is 0.758. The predicted molar refractivity (Wildman–Crippen MR) is 70.8 cm³/mol. The van der Waals surface area contributed by atoms with Gasteiger partial charge in [0.05, 0.1) is 5.69 Å². The van der Waals surface area contributed by atoms with E-state index in [9.17, 15) is 9.59 Å². The summed E-state index contributed by atoms with van der Waals surface area (Å²) in [4.78, 5) is 26.8. The van der Waals surface area contributed by atoms with Crippen LogP contribution in [0.5, 0.6) is 0 Å². The maximum Gasteiger partial charge on any atom is 0.332 e. The molecule has 0 aromatic carbocycles. The van der Waals surface area contributed by atoms with Crippen molar-refractivity contribution in [3.8, 4) is 0 Å². The minimum Gasteiger partial charge on any atom is -0.479 e. The number of nitrogens with zero attached hydrogens (tertiary/aromatic N) is 1. The first-order chi connectivity index (χ1) is 8.97. The van der Waals surface area contributed by atoms with Gasteiger partial charge in [-0.15, -0.1) is 0 Å². The Morgan fingerprint density at radius 1 is 1.42 bits per heavy atom. The molecule has 1 aliphatic heterocycles. The second-order valence-electron chi connectivity index (χ2n) is 4.28. The summed E-state index contributed by atoms with van der Waals surface area (Å²) in [6, 6.07) is 3.45. The third kappa shape index (κ3) is 3.30. The van der Waals surface area contributed by atoms with Gasteiger partial charge in [0.15, 0.2) is 6.10 Å². The van der Waals surface area contributed by atoms with Gasteiger partial charge in [-0.25, -0.2) is 9.78 Å². The van der Waals surface area contributed by atoms with Crippen LogP contribution >= 0.6 is 15.9 Å². The van der Waals surface area contributed by atoms with E-state index < -0.39 is 18.2 Å². The van der Waals surface area contributed by atoms with Crippen molar-refractivity contribution >= 4 is 33.6 Å². The van der Waals surface area contributed by atoms with E-state index in [1.807, 2.05) is 6.92 Å². The van der Waals surface area contributed by atoms with Gasteiger partial charge in [0.2, 0.25) is 0 Å². The molecular formula is C12H13BrN2O4. The highest BCUT2D eigenvalue weighted by Crippen LogP contribution is 2.22. The number of halogens is 1. The fourth-order valence-corrected chi connectivity index (χ4v) is 2.05. The van der Waals surface area contributed by atoms with Gasteiger partial charge in [-0.05, 0) is 47.8 Å². The van der Waals surface area contributed by atoms with Gasteiger partial charge in [0.1, 0.15) is 11.9 Å². The summed E-state index contributed by atoms with van der Waals surface area (Å²) in [5, 5.41) is 11.4. The number of aliphatic carboxylic acids is 1. The number of rotatable bonds is 3. The van der Waals surface area contributed by atoms with Gasteiger partial charge in [-0.1, -0.05) is 0 Å². The molecule has 1 aromatic heterocycles. The van der Waals surface area contributed by atoms with Crippen LogP contribution in [0.25, 0.3) is 0 Å². The number of nitrogens with one attached hydrogen (secondary N) is 1. The number of aromatic nitrogens is 1. The highest BCUT2D eigenvalue weighted by molar-refractivity contribution is 9.10. The molecule has 0 radical (unpaired) electrons. The fourth-order valence-electron chi connectivity index (χ4n) is 1.83. The Balaban J connectivity index is 1.98. The average Bonchev–Trinajstić information content (AvgIpc) is 2.83. The van der Waals surface area contributed by atoms with Crippen molar-refractivity contribution in [1.29, 1.82) is 0 Å². The number of hydrogen-bond acceptors (Lipinski definition) is 4. The SMILES string of the molecule is Cc1nc(NC(=O)[C@@H]2CC[C@H](C(=O)O)O2)ccc1Br. The molecule has 1 aliphatic rings. The Kier molecular flexibility index (Phi) is 4.16. The normalized spacial score (nSPS) is 22.2. The summed E-state index contributed by atoms with van der Waals surface area (Å²) in [7, 11) is 0. The van der Waals surface area contributed by atoms with Crippen LogP contribution in [0.3, 0.4) is 0 Å². The minimum absolute atomic E-state index is 0.347. The van der Waals surface area contributed by atoms with E-state index in [0.29, 0.717) is 18.7 Å². The summed E-state index contributed by atoms with van der Waals surface area (Å²) >= 11 is 3.32. The lowest BCUT2D eigenvalue weighted by Crippen LogP contribution is -2.30. The largest absolute Gasteiger partial charge is 0.479 e. The highest BCUT2D eigenvalue weighted by atomic mass is 79.9. The van der Waals surface area contributed by atoms with Crippen LogP contribution in [0.2, 0.25) is 0 Å². The van der Waals surface area contributed by atoms with E-state index in [-0.39, 0.29) is 5.91 Å². The van der Waals surface area contributed by atoms with E-state index in [1.54, 1.807) is 12.1 Å². The summed E-state index contributed by atoms with van der Waals surface area (Å²) in [6.07, 6.45) is -0.874. The van der Waals surface area contributed by atoms with Gasteiger partial charge >= 0.3 is 5.97 Å². The lowest BCUT2D eigenvalue weighted by atomic mass is 10.2. The van der Waals surface area contributed by atoms with Crippen molar-refractivity contribution in [1.82, 2.24) is 4.98 Å². The third-order valence-corrected chi connectivity index (χ3v) is 3.70. The number of anilines is 1. The number of pyridine rings is 1. The lowest BCUT2D eigenvalue weighted by molar-refractivity contribution is -0.150. The minimum atomic E-state index is -1.03. The molecule has 102 valence electrons. The smallest absolute Gasteiger partial charge is 0.332 e. The second-order valence-corrected chi connectivity index (χ2v) is 5.14. The van der Waals surface area contributed by atoms with Crippen LogP contribution in [-0.2, 0) is 14.3 Å². The van der Waals surface area contributed by atoms with Gasteiger partial charge in [-0.2, -0.15) is 0 Å². The average molecular weight is 329 g/mol. The molecule has 2 atom stereocenters. The summed E-state index contributed by atoms with van der Waals surface area (Å²) < 4.78 is 6.02. The molecule has 2 rings (SSSR count). The summed E-state index contributed by atoms with van der Waals surface area (Å²) in [5.74, 6) is -0.973. The van der Waals surface area contributed by atoms with Crippen molar-refractivity contribution in [2.75, 3.05) is 5.32 Å². The third-order valence-electron chi connectivity index (χ3n) is 2.86. The van der Waals surface area contributed by atoms with Gasteiger partial charge in [-0.3, -0.25) is 4.79 Å². The van der Waals surface area contributed by atoms with E-state index in [1.165, 1.54) is 0 Å². The van der Waals surface area contributed by atoms with Crippen LogP contribution in [0.4, 0.5) is 5.82 Å². The first-order valence-electron chi connectivity index (χ1n) is 5.79. The molecule has 1 amide bonds. The van der Waals surface area contributed by atoms with Crippen LogP contribution in [0.15, 0.2) is 16.6 Å². The first kappa shape index (κ1) is 14.0. The molecule has 2 heterocycles. The van der Waals surface area contributed by atoms with E-state index >= 15 is 0 Å². The van der Waals surface area contributed by atoms with E-state index in [2.05, 4.69) is 26.2 Å². The molecule has 0 unspecified atom stereocenters. The molecule has 0 saturated carbocycles. The van der Waals surface area contributed by atoms with E-state index in [4.69, 9.17) is 9.84 Å². The number of ether oxygens (including phenoxy) is 1. The Morgan fingerprint density at radius 3 is 2.68 bits per heavy atom. The maximum absolute atomic E-state index is 11.9. The zero-order valence-corrected chi connectivity index (χ0v) is 11.8. The number of hydrogen-bond donors (Lipinski definition) is 2. The Hall–Kier alpha value is -1.47. The number of carbonyl (C=O) groups excluding carboxylic acids is 1. The number of carboxylic acids is 1. The number of carboxylic acid groups (broad SMARTS) is 1. The molecule has 0 spiro atoms. The van der Waals surface area contributed by atoms with E-state index in [0.717, 1.165) is 10.2 Å². The van der Waals surface area contributed by atoms with Crippen LogP contribution in [0, 0.1) is 6.92 Å². The van der Waals surface area contributed by atoms with Crippen LogP contribution in [0.1, 0.15) is 18.5 Å². The first-order valence-corrected chi connectivity index (χ1v) is 6.59. The Labute approximate surface area is 118 Å². The highest BCUT2D eigenvalue weighted by Gasteiger charge is 2.34. The summed E-state index contributed by atoms with van der Waals surface area (Å²) in [6.45, 7) is 1.81. The van der Waals surface area contributed by atoms with Crippen molar-refractivity contribution in [3.05, 3.63) is 22.3 Å². The zero-order chi connectivity index (χ0) is 14.0. The molecule has 0 bridgehead atoms. The number of aryl methyl sites for hydroxylation is 1. The molecule has 19 heavy (non-hydrogen) atoms. The second kappa shape index (κ2) is 5.66. The monoisotopic (exact) mass is 328 g/mol. The van der Waals surface area contributed by atoms with Gasteiger partial charge in [0, 0.05) is 4.47 Å². The molecule has 6 nitrogen and oxygen atoms in total. The molecule has 7 heteroatoms. The number of amides is 1.